The standard InChI is InChI=1S/C12H11BrFNO5/c13-7-5-6(1-2-8(7)14)11(18)15-9(12(19)20)3-4-10(16)17/h1-2,5,9H,3-4H2,(H,15,18)(H,16,17)(H,19,20). The third kappa shape index (κ3) is 4.61. The van der Waals surface area contributed by atoms with Gasteiger partial charge in [-0.15, -0.1) is 0 Å². The normalized spacial score (nSPS) is 11.7. The number of carboxylic acids is 2. The van der Waals surface area contributed by atoms with Crippen molar-refractivity contribution >= 4 is 33.8 Å². The van der Waals surface area contributed by atoms with Crippen LogP contribution in [0.2, 0.25) is 0 Å². The van der Waals surface area contributed by atoms with Crippen molar-refractivity contribution in [2.45, 2.75) is 18.9 Å². The van der Waals surface area contributed by atoms with Crippen LogP contribution in [0.1, 0.15) is 23.2 Å². The van der Waals surface area contributed by atoms with E-state index in [-0.39, 0.29) is 22.9 Å². The fourth-order valence-electron chi connectivity index (χ4n) is 1.40. The topological polar surface area (TPSA) is 104 Å². The maximum atomic E-state index is 13.0. The van der Waals surface area contributed by atoms with E-state index in [0.29, 0.717) is 0 Å². The van der Waals surface area contributed by atoms with Gasteiger partial charge in [0.15, 0.2) is 0 Å². The molecule has 1 aromatic carbocycles. The van der Waals surface area contributed by atoms with Gasteiger partial charge in [0.05, 0.1) is 4.47 Å². The van der Waals surface area contributed by atoms with Crippen molar-refractivity contribution in [3.63, 3.8) is 0 Å². The molecule has 0 heterocycles. The van der Waals surface area contributed by atoms with E-state index in [0.717, 1.165) is 6.07 Å². The molecule has 0 saturated heterocycles. The van der Waals surface area contributed by atoms with Crippen molar-refractivity contribution in [3.05, 3.63) is 34.1 Å². The summed E-state index contributed by atoms with van der Waals surface area (Å²) in [6.45, 7) is 0. The molecule has 0 fully saturated rings. The first-order valence-electron chi connectivity index (χ1n) is 5.51. The fourth-order valence-corrected chi connectivity index (χ4v) is 1.78. The predicted octanol–water partition coefficient (Wildman–Crippen LogP) is 1.64. The summed E-state index contributed by atoms with van der Waals surface area (Å²) in [4.78, 5) is 33.1. The maximum Gasteiger partial charge on any atom is 0.326 e. The van der Waals surface area contributed by atoms with Gasteiger partial charge in [-0.1, -0.05) is 0 Å². The predicted molar refractivity (Wildman–Crippen MR) is 69.9 cm³/mol. The summed E-state index contributed by atoms with van der Waals surface area (Å²) in [6.07, 6.45) is -0.622. The Morgan fingerprint density at radius 1 is 1.30 bits per heavy atom. The number of carbonyl (C=O) groups is 3. The Hall–Kier alpha value is -1.96. The van der Waals surface area contributed by atoms with Gasteiger partial charge in [-0.2, -0.15) is 0 Å². The number of hydrogen-bond acceptors (Lipinski definition) is 3. The van der Waals surface area contributed by atoms with Crippen LogP contribution in [-0.2, 0) is 9.59 Å². The largest absolute Gasteiger partial charge is 0.481 e. The summed E-state index contributed by atoms with van der Waals surface area (Å²) < 4.78 is 13.1. The van der Waals surface area contributed by atoms with Crippen LogP contribution in [0.25, 0.3) is 0 Å². The van der Waals surface area contributed by atoms with E-state index in [1.165, 1.54) is 12.1 Å². The molecule has 0 radical (unpaired) electrons. The first-order chi connectivity index (χ1) is 9.31. The number of benzene rings is 1. The molecular formula is C12H11BrFNO5. The molecule has 3 N–H and O–H groups in total. The van der Waals surface area contributed by atoms with E-state index in [1.54, 1.807) is 0 Å². The molecule has 1 rings (SSSR count). The van der Waals surface area contributed by atoms with Gasteiger partial charge in [0.2, 0.25) is 0 Å². The van der Waals surface area contributed by atoms with Crippen LogP contribution in [0.15, 0.2) is 22.7 Å². The smallest absolute Gasteiger partial charge is 0.326 e. The monoisotopic (exact) mass is 347 g/mol. The Bertz CT molecular complexity index is 549. The second-order valence-electron chi connectivity index (χ2n) is 3.93. The zero-order valence-electron chi connectivity index (χ0n) is 10.1. The summed E-state index contributed by atoms with van der Waals surface area (Å²) in [6, 6.07) is 2.15. The summed E-state index contributed by atoms with van der Waals surface area (Å²) in [7, 11) is 0. The van der Waals surface area contributed by atoms with Gasteiger partial charge in [0, 0.05) is 12.0 Å². The van der Waals surface area contributed by atoms with Gasteiger partial charge in [-0.25, -0.2) is 9.18 Å². The molecule has 0 aliphatic rings. The molecular weight excluding hydrogens is 337 g/mol. The van der Waals surface area contributed by atoms with E-state index in [2.05, 4.69) is 21.2 Å². The molecule has 20 heavy (non-hydrogen) atoms. The van der Waals surface area contributed by atoms with Crippen LogP contribution in [0.3, 0.4) is 0 Å². The molecule has 0 aliphatic heterocycles. The van der Waals surface area contributed by atoms with Crippen molar-refractivity contribution in [2.75, 3.05) is 0 Å². The van der Waals surface area contributed by atoms with Crippen LogP contribution in [0, 0.1) is 5.82 Å². The first kappa shape index (κ1) is 16.1. The quantitative estimate of drug-likeness (QED) is 0.725. The molecule has 0 spiro atoms. The van der Waals surface area contributed by atoms with E-state index >= 15 is 0 Å². The molecule has 1 amide bonds. The number of carboxylic acid groups (broad SMARTS) is 2. The van der Waals surface area contributed by atoms with Crippen molar-refractivity contribution in [1.82, 2.24) is 5.32 Å². The van der Waals surface area contributed by atoms with E-state index in [1.807, 2.05) is 0 Å². The second kappa shape index (κ2) is 6.99. The molecule has 1 aromatic rings. The third-order valence-electron chi connectivity index (χ3n) is 2.43. The molecule has 0 saturated carbocycles. The van der Waals surface area contributed by atoms with Gasteiger partial charge in [-0.05, 0) is 40.5 Å². The molecule has 0 aliphatic carbocycles. The molecule has 1 unspecified atom stereocenters. The third-order valence-corrected chi connectivity index (χ3v) is 3.04. The number of hydrogen-bond donors (Lipinski definition) is 3. The molecule has 108 valence electrons. The fraction of sp³-hybridized carbons (Fsp3) is 0.250. The Kier molecular flexibility index (Phi) is 5.63. The van der Waals surface area contributed by atoms with Gasteiger partial charge in [-0.3, -0.25) is 9.59 Å². The highest BCUT2D eigenvalue weighted by atomic mass is 79.9. The molecule has 0 aromatic heterocycles. The lowest BCUT2D eigenvalue weighted by molar-refractivity contribution is -0.140. The van der Waals surface area contributed by atoms with E-state index < -0.39 is 29.7 Å². The van der Waals surface area contributed by atoms with Crippen LogP contribution < -0.4 is 5.32 Å². The maximum absolute atomic E-state index is 13.0. The first-order valence-corrected chi connectivity index (χ1v) is 6.31. The lowest BCUT2D eigenvalue weighted by Crippen LogP contribution is -2.41. The van der Waals surface area contributed by atoms with Crippen molar-refractivity contribution in [1.29, 1.82) is 0 Å². The number of rotatable bonds is 6. The highest BCUT2D eigenvalue weighted by molar-refractivity contribution is 9.10. The molecule has 1 atom stereocenters. The highest BCUT2D eigenvalue weighted by Gasteiger charge is 2.21. The molecule has 8 heteroatoms. The van der Waals surface area contributed by atoms with Gasteiger partial charge < -0.3 is 15.5 Å². The Morgan fingerprint density at radius 3 is 2.45 bits per heavy atom. The number of carbonyl (C=O) groups excluding carboxylic acids is 1. The molecule has 6 nitrogen and oxygen atoms in total. The SMILES string of the molecule is O=C(O)CCC(NC(=O)c1ccc(F)c(Br)c1)C(=O)O. The van der Waals surface area contributed by atoms with Gasteiger partial charge >= 0.3 is 11.9 Å². The lowest BCUT2D eigenvalue weighted by atomic mass is 10.1. The average Bonchev–Trinajstić information content (AvgIpc) is 2.36. The zero-order chi connectivity index (χ0) is 15.3. The lowest BCUT2D eigenvalue weighted by Gasteiger charge is -2.13. The number of nitrogens with one attached hydrogen (secondary N) is 1. The summed E-state index contributed by atoms with van der Waals surface area (Å²) >= 11 is 2.91. The summed E-state index contributed by atoms with van der Waals surface area (Å²) in [5.74, 6) is -3.76. The van der Waals surface area contributed by atoms with E-state index in [9.17, 15) is 18.8 Å². The van der Waals surface area contributed by atoms with Crippen LogP contribution in [-0.4, -0.2) is 34.1 Å². The minimum Gasteiger partial charge on any atom is -0.481 e. The van der Waals surface area contributed by atoms with Crippen molar-refractivity contribution in [3.8, 4) is 0 Å². The van der Waals surface area contributed by atoms with Crippen LogP contribution in [0.5, 0.6) is 0 Å². The Morgan fingerprint density at radius 2 is 1.95 bits per heavy atom. The average molecular weight is 348 g/mol. The Balaban J connectivity index is 2.77. The molecule has 0 bridgehead atoms. The van der Waals surface area contributed by atoms with Gasteiger partial charge in [0.25, 0.3) is 5.91 Å². The second-order valence-corrected chi connectivity index (χ2v) is 4.78. The zero-order valence-corrected chi connectivity index (χ0v) is 11.7. The number of aliphatic carboxylic acids is 2. The van der Waals surface area contributed by atoms with Crippen molar-refractivity contribution in [2.24, 2.45) is 0 Å². The number of amides is 1. The van der Waals surface area contributed by atoms with Crippen molar-refractivity contribution < 1.29 is 29.0 Å². The summed E-state index contributed by atoms with van der Waals surface area (Å²) in [5.41, 5.74) is 0.0693. The van der Waals surface area contributed by atoms with Crippen LogP contribution in [0.4, 0.5) is 4.39 Å². The number of halogens is 2. The van der Waals surface area contributed by atoms with Crippen LogP contribution >= 0.6 is 15.9 Å². The highest BCUT2D eigenvalue weighted by Crippen LogP contribution is 2.17. The summed E-state index contributed by atoms with van der Waals surface area (Å²) in [5, 5.41) is 19.6. The van der Waals surface area contributed by atoms with Gasteiger partial charge in [0.1, 0.15) is 11.9 Å². The Labute approximate surface area is 121 Å². The minimum atomic E-state index is -1.33. The minimum absolute atomic E-state index is 0.0693. The van der Waals surface area contributed by atoms with E-state index in [4.69, 9.17) is 10.2 Å².